The van der Waals surface area contributed by atoms with Crippen LogP contribution in [-0.4, -0.2) is 24.9 Å². The van der Waals surface area contributed by atoms with Gasteiger partial charge in [-0.05, 0) is 23.3 Å². The fraction of sp³-hybridized carbons (Fsp3) is 0.250. The minimum absolute atomic E-state index is 0.0106. The number of fused-ring (bicyclic) bond motifs is 1. The van der Waals surface area contributed by atoms with Crippen LogP contribution >= 0.6 is 15.9 Å². The van der Waals surface area contributed by atoms with Crippen molar-refractivity contribution in [2.24, 2.45) is 0 Å². The summed E-state index contributed by atoms with van der Waals surface area (Å²) >= 11 is 3.43. The predicted molar refractivity (Wildman–Crippen MR) is 67.7 cm³/mol. The molecule has 3 nitrogen and oxygen atoms in total. The molecule has 0 aliphatic carbocycles. The van der Waals surface area contributed by atoms with E-state index in [9.17, 15) is 4.79 Å². The van der Waals surface area contributed by atoms with Crippen molar-refractivity contribution in [3.8, 4) is 0 Å². The zero-order valence-electron chi connectivity index (χ0n) is 9.25. The third kappa shape index (κ3) is 2.11. The maximum absolute atomic E-state index is 11.8. The van der Waals surface area contributed by atoms with Crippen LogP contribution in [0.25, 0.3) is 5.57 Å². The van der Waals surface area contributed by atoms with Crippen LogP contribution in [0.5, 0.6) is 0 Å². The van der Waals surface area contributed by atoms with Crippen LogP contribution in [0.4, 0.5) is 0 Å². The van der Waals surface area contributed by atoms with Crippen molar-refractivity contribution < 1.29 is 4.79 Å². The summed E-state index contributed by atoms with van der Waals surface area (Å²) in [5.74, 6) is -0.0106. The Labute approximate surface area is 103 Å². The Morgan fingerprint density at radius 3 is 2.88 bits per heavy atom. The molecule has 0 spiro atoms. The van der Waals surface area contributed by atoms with Gasteiger partial charge in [-0.3, -0.25) is 4.79 Å². The van der Waals surface area contributed by atoms with Crippen molar-refractivity contribution in [1.82, 2.24) is 10.2 Å². The smallest absolute Gasteiger partial charge is 0.253 e. The number of carbonyl (C=O) groups is 1. The molecule has 1 aromatic rings. The van der Waals surface area contributed by atoms with E-state index < -0.39 is 0 Å². The highest BCUT2D eigenvalue weighted by Gasteiger charge is 2.21. The van der Waals surface area contributed by atoms with Crippen molar-refractivity contribution in [2.45, 2.75) is 6.54 Å². The molecule has 0 bridgehead atoms. The van der Waals surface area contributed by atoms with Crippen LogP contribution < -0.4 is 5.32 Å². The number of halogens is 1. The molecule has 4 heteroatoms. The quantitative estimate of drug-likeness (QED) is 0.798. The summed E-state index contributed by atoms with van der Waals surface area (Å²) in [4.78, 5) is 13.6. The molecule has 0 fully saturated rings. The zero-order valence-corrected chi connectivity index (χ0v) is 10.8. The highest BCUT2D eigenvalue weighted by atomic mass is 79.9. The lowest BCUT2D eigenvalue weighted by atomic mass is 9.96. The summed E-state index contributed by atoms with van der Waals surface area (Å²) in [6.07, 6.45) is 1.85. The summed E-state index contributed by atoms with van der Waals surface area (Å²) in [6, 6.07) is 5.98. The molecule has 1 N–H and O–H groups in total. The highest BCUT2D eigenvalue weighted by molar-refractivity contribution is 9.10. The van der Waals surface area contributed by atoms with Crippen molar-refractivity contribution in [3.05, 3.63) is 40.0 Å². The molecule has 16 heavy (non-hydrogen) atoms. The topological polar surface area (TPSA) is 32.3 Å². The van der Waals surface area contributed by atoms with Gasteiger partial charge in [0, 0.05) is 31.3 Å². The standard InChI is InChI=1S/C12H13BrN2O/c1-15(2)7-11-10-4-3-9(13)5-8(10)6-14-12(11)16/h3-5,7H,6H2,1-2H3,(H,14,16). The highest BCUT2D eigenvalue weighted by Crippen LogP contribution is 2.26. The molecule has 0 aromatic heterocycles. The van der Waals surface area contributed by atoms with E-state index >= 15 is 0 Å². The van der Waals surface area contributed by atoms with Crippen molar-refractivity contribution in [1.29, 1.82) is 0 Å². The summed E-state index contributed by atoms with van der Waals surface area (Å²) in [6.45, 7) is 0.596. The van der Waals surface area contributed by atoms with Gasteiger partial charge in [0.2, 0.25) is 0 Å². The van der Waals surface area contributed by atoms with Gasteiger partial charge in [-0.25, -0.2) is 0 Å². The van der Waals surface area contributed by atoms with Crippen LogP contribution in [0.3, 0.4) is 0 Å². The Balaban J connectivity index is 2.52. The van der Waals surface area contributed by atoms with Crippen LogP contribution in [0.1, 0.15) is 11.1 Å². The maximum atomic E-state index is 11.8. The number of hydrogen-bond donors (Lipinski definition) is 1. The minimum atomic E-state index is -0.0106. The van der Waals surface area contributed by atoms with Gasteiger partial charge in [-0.2, -0.15) is 0 Å². The number of benzene rings is 1. The van der Waals surface area contributed by atoms with Gasteiger partial charge in [0.05, 0.1) is 5.57 Å². The Morgan fingerprint density at radius 2 is 2.19 bits per heavy atom. The lowest BCUT2D eigenvalue weighted by molar-refractivity contribution is -0.116. The monoisotopic (exact) mass is 280 g/mol. The second kappa shape index (κ2) is 4.29. The lowest BCUT2D eigenvalue weighted by Gasteiger charge is -2.21. The Bertz CT molecular complexity index is 466. The van der Waals surface area contributed by atoms with Crippen LogP contribution in [-0.2, 0) is 11.3 Å². The molecule has 84 valence electrons. The average molecular weight is 281 g/mol. The minimum Gasteiger partial charge on any atom is -0.383 e. The first-order valence-electron chi connectivity index (χ1n) is 5.03. The molecule has 1 aliphatic heterocycles. The van der Waals surface area contributed by atoms with Crippen molar-refractivity contribution in [2.75, 3.05) is 14.1 Å². The average Bonchev–Trinajstić information content (AvgIpc) is 2.22. The van der Waals surface area contributed by atoms with E-state index in [-0.39, 0.29) is 5.91 Å². The number of amides is 1. The second-order valence-corrected chi connectivity index (χ2v) is 4.91. The number of nitrogens with one attached hydrogen (secondary N) is 1. The van der Waals surface area contributed by atoms with E-state index in [4.69, 9.17) is 0 Å². The van der Waals surface area contributed by atoms with E-state index in [1.165, 1.54) is 0 Å². The Hall–Kier alpha value is -1.29. The number of rotatable bonds is 1. The van der Waals surface area contributed by atoms with E-state index in [0.717, 1.165) is 21.2 Å². The van der Waals surface area contributed by atoms with Crippen LogP contribution in [0.2, 0.25) is 0 Å². The van der Waals surface area contributed by atoms with Crippen LogP contribution in [0, 0.1) is 0 Å². The first kappa shape index (κ1) is 11.2. The van der Waals surface area contributed by atoms with Crippen LogP contribution in [0.15, 0.2) is 28.9 Å². The summed E-state index contributed by atoms with van der Waals surface area (Å²) in [5, 5.41) is 2.87. The molecule has 1 aromatic carbocycles. The van der Waals surface area contributed by atoms with Gasteiger partial charge in [0.15, 0.2) is 0 Å². The van der Waals surface area contributed by atoms with E-state index in [1.807, 2.05) is 43.4 Å². The molecule has 0 saturated carbocycles. The molecule has 1 amide bonds. The molecular weight excluding hydrogens is 268 g/mol. The molecule has 0 saturated heterocycles. The number of carbonyl (C=O) groups excluding carboxylic acids is 1. The third-order valence-electron chi connectivity index (χ3n) is 2.43. The van der Waals surface area contributed by atoms with Gasteiger partial charge in [0.1, 0.15) is 0 Å². The van der Waals surface area contributed by atoms with E-state index in [2.05, 4.69) is 21.2 Å². The molecule has 0 radical (unpaired) electrons. The molecule has 1 aliphatic rings. The van der Waals surface area contributed by atoms with Gasteiger partial charge in [-0.1, -0.05) is 22.0 Å². The lowest BCUT2D eigenvalue weighted by Crippen LogP contribution is -2.30. The predicted octanol–water partition coefficient (Wildman–Crippen LogP) is 1.98. The largest absolute Gasteiger partial charge is 0.383 e. The van der Waals surface area contributed by atoms with Gasteiger partial charge < -0.3 is 10.2 Å². The molecular formula is C12H13BrN2O. The number of nitrogens with zero attached hydrogens (tertiary/aromatic N) is 1. The summed E-state index contributed by atoms with van der Waals surface area (Å²) < 4.78 is 1.03. The molecule has 1 heterocycles. The Morgan fingerprint density at radius 1 is 1.44 bits per heavy atom. The first-order chi connectivity index (χ1) is 7.58. The maximum Gasteiger partial charge on any atom is 0.253 e. The second-order valence-electron chi connectivity index (χ2n) is 3.99. The van der Waals surface area contributed by atoms with Crippen molar-refractivity contribution >= 4 is 27.4 Å². The SMILES string of the molecule is CN(C)C=C1C(=O)NCc2cc(Br)ccc21. The normalized spacial score (nSPS) is 16.9. The zero-order chi connectivity index (χ0) is 11.7. The van der Waals surface area contributed by atoms with Gasteiger partial charge in [-0.15, -0.1) is 0 Å². The molecule has 2 rings (SSSR count). The fourth-order valence-electron chi connectivity index (χ4n) is 1.75. The fourth-order valence-corrected chi connectivity index (χ4v) is 2.16. The molecule has 0 unspecified atom stereocenters. The van der Waals surface area contributed by atoms with Gasteiger partial charge in [0.25, 0.3) is 5.91 Å². The van der Waals surface area contributed by atoms with E-state index in [0.29, 0.717) is 6.54 Å². The summed E-state index contributed by atoms with van der Waals surface area (Å²) in [5.41, 5.74) is 2.88. The van der Waals surface area contributed by atoms with Crippen molar-refractivity contribution in [3.63, 3.8) is 0 Å². The van der Waals surface area contributed by atoms with Gasteiger partial charge >= 0.3 is 0 Å². The third-order valence-corrected chi connectivity index (χ3v) is 2.92. The molecule has 0 atom stereocenters. The number of hydrogen-bond acceptors (Lipinski definition) is 2. The van der Waals surface area contributed by atoms with E-state index in [1.54, 1.807) is 0 Å². The Kier molecular flexibility index (Phi) is 3.01. The summed E-state index contributed by atoms with van der Waals surface area (Å²) in [7, 11) is 3.82. The first-order valence-corrected chi connectivity index (χ1v) is 5.82.